The molecule has 0 fully saturated rings. The van der Waals surface area contributed by atoms with Crippen LogP contribution in [0.25, 0.3) is 0 Å². The van der Waals surface area contributed by atoms with Gasteiger partial charge in [0, 0.05) is 17.6 Å². The number of hydrogen-bond acceptors (Lipinski definition) is 5. The lowest BCUT2D eigenvalue weighted by Crippen LogP contribution is -2.32. The van der Waals surface area contributed by atoms with Crippen molar-refractivity contribution in [1.82, 2.24) is 10.0 Å². The lowest BCUT2D eigenvalue weighted by Gasteiger charge is -2.10. The van der Waals surface area contributed by atoms with E-state index in [-0.39, 0.29) is 11.5 Å². The van der Waals surface area contributed by atoms with Crippen LogP contribution in [0.15, 0.2) is 27.6 Å². The smallest absolute Gasteiger partial charge is 0.338 e. The molecule has 1 rings (SSSR count). The van der Waals surface area contributed by atoms with Gasteiger partial charge in [-0.1, -0.05) is 6.92 Å². The van der Waals surface area contributed by atoms with Gasteiger partial charge in [-0.2, -0.15) is 0 Å². The molecular formula is C13H19BrN2O4S. The van der Waals surface area contributed by atoms with E-state index in [1.54, 1.807) is 6.92 Å². The number of ether oxygens (including phenoxy) is 1. The van der Waals surface area contributed by atoms with Gasteiger partial charge in [0.1, 0.15) is 0 Å². The van der Waals surface area contributed by atoms with Gasteiger partial charge in [0.25, 0.3) is 0 Å². The van der Waals surface area contributed by atoms with Gasteiger partial charge in [-0.05, 0) is 47.6 Å². The summed E-state index contributed by atoms with van der Waals surface area (Å²) in [6, 6.07) is 4.25. The van der Waals surface area contributed by atoms with Crippen molar-refractivity contribution in [2.24, 2.45) is 0 Å². The molecule has 0 aliphatic carbocycles. The molecule has 0 saturated carbocycles. The zero-order valence-electron chi connectivity index (χ0n) is 12.0. The molecule has 8 heteroatoms. The van der Waals surface area contributed by atoms with Crippen LogP contribution in [-0.4, -0.2) is 40.6 Å². The van der Waals surface area contributed by atoms with Crippen LogP contribution in [0.3, 0.4) is 0 Å². The van der Waals surface area contributed by atoms with Gasteiger partial charge in [-0.25, -0.2) is 17.9 Å². The zero-order chi connectivity index (χ0) is 15.9. The highest BCUT2D eigenvalue weighted by molar-refractivity contribution is 9.10. The summed E-state index contributed by atoms with van der Waals surface area (Å²) in [4.78, 5) is 11.7. The molecule has 0 aliphatic heterocycles. The molecule has 0 spiro atoms. The number of benzene rings is 1. The number of sulfonamides is 1. The highest BCUT2D eigenvalue weighted by atomic mass is 79.9. The predicted octanol–water partition coefficient (Wildman–Crippen LogP) is 1.51. The molecule has 0 amide bonds. The first-order valence-corrected chi connectivity index (χ1v) is 8.87. The molecule has 118 valence electrons. The number of carbonyl (C=O) groups is 1. The third-order valence-electron chi connectivity index (χ3n) is 2.58. The van der Waals surface area contributed by atoms with Gasteiger partial charge in [0.05, 0.1) is 17.1 Å². The maximum atomic E-state index is 12.1. The summed E-state index contributed by atoms with van der Waals surface area (Å²) in [6.45, 7) is 5.54. The van der Waals surface area contributed by atoms with Crippen molar-refractivity contribution in [2.75, 3.05) is 26.2 Å². The van der Waals surface area contributed by atoms with Crippen molar-refractivity contribution in [3.05, 3.63) is 28.2 Å². The molecule has 0 atom stereocenters. The van der Waals surface area contributed by atoms with Crippen LogP contribution < -0.4 is 10.0 Å². The molecular weight excluding hydrogens is 360 g/mol. The van der Waals surface area contributed by atoms with E-state index in [1.165, 1.54) is 18.2 Å². The van der Waals surface area contributed by atoms with Crippen LogP contribution in [0.1, 0.15) is 24.2 Å². The first-order chi connectivity index (χ1) is 9.92. The van der Waals surface area contributed by atoms with E-state index in [0.29, 0.717) is 23.1 Å². The van der Waals surface area contributed by atoms with Crippen LogP contribution >= 0.6 is 15.9 Å². The van der Waals surface area contributed by atoms with Gasteiger partial charge < -0.3 is 10.1 Å². The van der Waals surface area contributed by atoms with Gasteiger partial charge in [-0.3, -0.25) is 0 Å². The molecule has 0 aromatic heterocycles. The van der Waals surface area contributed by atoms with Gasteiger partial charge in [-0.15, -0.1) is 0 Å². The first-order valence-electron chi connectivity index (χ1n) is 6.59. The molecule has 0 unspecified atom stereocenters. The molecule has 0 heterocycles. The number of carbonyl (C=O) groups excluding carboxylic acids is 1. The van der Waals surface area contributed by atoms with Crippen LogP contribution in [-0.2, 0) is 14.8 Å². The van der Waals surface area contributed by atoms with E-state index < -0.39 is 16.0 Å². The summed E-state index contributed by atoms with van der Waals surface area (Å²) >= 11 is 3.18. The van der Waals surface area contributed by atoms with E-state index in [2.05, 4.69) is 26.0 Å². The number of rotatable bonds is 8. The van der Waals surface area contributed by atoms with Crippen molar-refractivity contribution in [3.8, 4) is 0 Å². The Bertz CT molecular complexity index is 590. The van der Waals surface area contributed by atoms with E-state index in [1.807, 2.05) is 6.92 Å². The minimum atomic E-state index is -3.62. The lowest BCUT2D eigenvalue weighted by atomic mass is 10.2. The number of nitrogens with one attached hydrogen (secondary N) is 2. The maximum Gasteiger partial charge on any atom is 0.338 e. The Hall–Kier alpha value is -0.960. The topological polar surface area (TPSA) is 84.5 Å². The van der Waals surface area contributed by atoms with E-state index in [4.69, 9.17) is 4.74 Å². The van der Waals surface area contributed by atoms with E-state index in [9.17, 15) is 13.2 Å². The number of likely N-dealkylation sites (N-methyl/N-ethyl adjacent to an activating group) is 1. The first kappa shape index (κ1) is 18.1. The highest BCUT2D eigenvalue weighted by Crippen LogP contribution is 2.23. The summed E-state index contributed by atoms with van der Waals surface area (Å²) < 4.78 is 32.0. The van der Waals surface area contributed by atoms with Crippen LogP contribution in [0, 0.1) is 0 Å². The van der Waals surface area contributed by atoms with Crippen molar-refractivity contribution in [3.63, 3.8) is 0 Å². The van der Waals surface area contributed by atoms with Crippen molar-refractivity contribution in [2.45, 2.75) is 18.7 Å². The van der Waals surface area contributed by atoms with Gasteiger partial charge in [0.2, 0.25) is 10.0 Å². The minimum absolute atomic E-state index is 0.0899. The Balaban J connectivity index is 2.86. The van der Waals surface area contributed by atoms with Crippen molar-refractivity contribution in [1.29, 1.82) is 0 Å². The fourth-order valence-corrected chi connectivity index (χ4v) is 3.70. The standard InChI is InChI=1S/C13H19BrN2O4S/c1-3-15-7-8-16-21(18,19)12-6-5-10(9-11(12)14)13(17)20-4-2/h5-6,9,15-16H,3-4,7-8H2,1-2H3. The maximum absolute atomic E-state index is 12.1. The average Bonchev–Trinajstić information content (AvgIpc) is 2.43. The summed E-state index contributed by atoms with van der Waals surface area (Å²) in [5.41, 5.74) is 0.301. The molecule has 0 aliphatic rings. The SMILES string of the molecule is CCNCCNS(=O)(=O)c1ccc(C(=O)OCC)cc1Br. The van der Waals surface area contributed by atoms with Crippen LogP contribution in [0.5, 0.6) is 0 Å². The molecule has 1 aromatic rings. The average molecular weight is 379 g/mol. The highest BCUT2D eigenvalue weighted by Gasteiger charge is 2.19. The second kappa shape index (κ2) is 8.47. The largest absolute Gasteiger partial charge is 0.462 e. The predicted molar refractivity (Wildman–Crippen MR) is 83.8 cm³/mol. The number of hydrogen-bond donors (Lipinski definition) is 2. The zero-order valence-corrected chi connectivity index (χ0v) is 14.4. The number of esters is 1. The molecule has 1 aromatic carbocycles. The molecule has 21 heavy (non-hydrogen) atoms. The second-order valence-corrected chi connectivity index (χ2v) is 6.71. The van der Waals surface area contributed by atoms with Gasteiger partial charge in [0.15, 0.2) is 0 Å². The van der Waals surface area contributed by atoms with Crippen molar-refractivity contribution < 1.29 is 17.9 Å². The monoisotopic (exact) mass is 378 g/mol. The van der Waals surface area contributed by atoms with Crippen LogP contribution in [0.2, 0.25) is 0 Å². The summed E-state index contributed by atoms with van der Waals surface area (Å²) in [5, 5.41) is 3.03. The summed E-state index contributed by atoms with van der Waals surface area (Å²) in [7, 11) is -3.62. The minimum Gasteiger partial charge on any atom is -0.462 e. The second-order valence-electron chi connectivity index (χ2n) is 4.12. The molecule has 0 saturated heterocycles. The Morgan fingerprint density at radius 1 is 1.29 bits per heavy atom. The van der Waals surface area contributed by atoms with E-state index >= 15 is 0 Å². The molecule has 0 radical (unpaired) electrons. The van der Waals surface area contributed by atoms with Crippen LogP contribution in [0.4, 0.5) is 0 Å². The normalized spacial score (nSPS) is 11.4. The fraction of sp³-hybridized carbons (Fsp3) is 0.462. The number of halogens is 1. The lowest BCUT2D eigenvalue weighted by molar-refractivity contribution is 0.0526. The van der Waals surface area contributed by atoms with E-state index in [0.717, 1.165) is 6.54 Å². The Morgan fingerprint density at radius 2 is 2.00 bits per heavy atom. The third-order valence-corrected chi connectivity index (χ3v) is 5.01. The fourth-order valence-electron chi connectivity index (χ4n) is 1.59. The molecule has 2 N–H and O–H groups in total. The molecule has 0 bridgehead atoms. The molecule has 6 nitrogen and oxygen atoms in total. The Morgan fingerprint density at radius 3 is 2.57 bits per heavy atom. The quantitative estimate of drug-likeness (QED) is 0.529. The summed E-state index contributed by atoms with van der Waals surface area (Å²) in [6.07, 6.45) is 0. The van der Waals surface area contributed by atoms with Gasteiger partial charge >= 0.3 is 5.97 Å². The Labute approximate surface area is 133 Å². The Kier molecular flexibility index (Phi) is 7.30. The third kappa shape index (κ3) is 5.39. The van der Waals surface area contributed by atoms with Crippen molar-refractivity contribution >= 4 is 31.9 Å². The summed E-state index contributed by atoms with van der Waals surface area (Å²) in [5.74, 6) is -0.484.